The maximum atomic E-state index is 14.7. The van der Waals surface area contributed by atoms with Crippen molar-refractivity contribution in [2.24, 2.45) is 11.8 Å². The van der Waals surface area contributed by atoms with Crippen LogP contribution in [0.15, 0.2) is 54.7 Å². The first-order valence-corrected chi connectivity index (χ1v) is 12.5. The van der Waals surface area contributed by atoms with Crippen molar-refractivity contribution in [3.63, 3.8) is 0 Å². The van der Waals surface area contributed by atoms with Gasteiger partial charge >= 0.3 is 6.03 Å². The SMILES string of the molecule is CNCc1ccc(-c2ccc([C@]3(O)[C@@H]4CN(C)C[C@H]3CN(C(=O)Nc3cc(F)cc(F)c3)C4)nc2)c(F)c1. The van der Waals surface area contributed by atoms with Crippen molar-refractivity contribution in [1.82, 2.24) is 20.1 Å². The molecule has 0 aliphatic carbocycles. The number of piperidine rings is 2. The Morgan fingerprint density at radius 1 is 1.03 bits per heavy atom. The number of nitrogens with one attached hydrogen (secondary N) is 2. The Kier molecular flexibility index (Phi) is 7.13. The third-order valence-corrected chi connectivity index (χ3v) is 7.49. The average Bonchev–Trinajstić information content (AvgIpc) is 2.84. The molecule has 2 aliphatic heterocycles. The minimum atomic E-state index is -1.29. The predicted molar refractivity (Wildman–Crippen MR) is 138 cm³/mol. The van der Waals surface area contributed by atoms with E-state index in [1.807, 2.05) is 13.1 Å². The number of fused-ring (bicyclic) bond motifs is 2. The van der Waals surface area contributed by atoms with Gasteiger partial charge in [0.05, 0.1) is 5.69 Å². The monoisotopic (exact) mass is 525 g/mol. The Morgan fingerprint density at radius 3 is 2.29 bits per heavy atom. The number of likely N-dealkylation sites (tertiary alicyclic amines) is 2. The van der Waals surface area contributed by atoms with Gasteiger partial charge in [0.25, 0.3) is 0 Å². The van der Waals surface area contributed by atoms with Crippen LogP contribution in [0.25, 0.3) is 11.1 Å². The fraction of sp³-hybridized carbons (Fsp3) is 0.357. The molecule has 10 heteroatoms. The van der Waals surface area contributed by atoms with Gasteiger partial charge in [-0.2, -0.15) is 0 Å². The summed E-state index contributed by atoms with van der Waals surface area (Å²) < 4.78 is 41.9. The standard InChI is InChI=1S/C28H30F3N5O2/c1-32-11-17-3-5-24(25(31)7-17)18-4-6-26(33-12-18)28(38)19-13-35(2)14-20(28)16-36(15-19)27(37)34-23-9-21(29)8-22(30)10-23/h3-10,12,19-20,32,38H,11,13-16H2,1-2H3,(H,34,37)/t19-,20+,28+. The summed E-state index contributed by atoms with van der Waals surface area (Å²) in [5, 5.41) is 17.5. The van der Waals surface area contributed by atoms with Gasteiger partial charge in [-0.3, -0.25) is 4.98 Å². The second-order valence-corrected chi connectivity index (χ2v) is 10.2. The van der Waals surface area contributed by atoms with Crippen LogP contribution in [0, 0.1) is 29.3 Å². The van der Waals surface area contributed by atoms with Gasteiger partial charge in [-0.05, 0) is 43.9 Å². The van der Waals surface area contributed by atoms with Crippen LogP contribution >= 0.6 is 0 Å². The lowest BCUT2D eigenvalue weighted by Gasteiger charge is -2.54. The number of carbonyl (C=O) groups is 1. The number of rotatable bonds is 5. The molecule has 2 fully saturated rings. The number of benzene rings is 2. The van der Waals surface area contributed by atoms with Gasteiger partial charge in [0.15, 0.2) is 0 Å². The van der Waals surface area contributed by atoms with Gasteiger partial charge in [0.1, 0.15) is 23.1 Å². The number of aromatic nitrogens is 1. The Labute approximate surface area is 219 Å². The number of carbonyl (C=O) groups excluding carboxylic acids is 1. The molecule has 0 spiro atoms. The van der Waals surface area contributed by atoms with Crippen LogP contribution in [0.4, 0.5) is 23.7 Å². The number of nitrogens with zero attached hydrogens (tertiary/aromatic N) is 3. The molecule has 0 unspecified atom stereocenters. The lowest BCUT2D eigenvalue weighted by atomic mass is 9.68. The zero-order valence-corrected chi connectivity index (χ0v) is 21.2. The zero-order chi connectivity index (χ0) is 27.0. The molecule has 0 radical (unpaired) electrons. The predicted octanol–water partition coefficient (Wildman–Crippen LogP) is 3.80. The fourth-order valence-corrected chi connectivity index (χ4v) is 5.75. The first-order valence-electron chi connectivity index (χ1n) is 12.5. The van der Waals surface area contributed by atoms with Crippen molar-refractivity contribution in [2.75, 3.05) is 45.6 Å². The number of aliphatic hydroxyl groups is 1. The summed E-state index contributed by atoms with van der Waals surface area (Å²) >= 11 is 0. The molecule has 3 aromatic rings. The normalized spacial score (nSPS) is 23.4. The van der Waals surface area contributed by atoms with E-state index in [9.17, 15) is 23.1 Å². The van der Waals surface area contributed by atoms with Gasteiger partial charge in [0, 0.05) is 73.6 Å². The van der Waals surface area contributed by atoms with Crippen LogP contribution in [0.5, 0.6) is 0 Å². The quantitative estimate of drug-likeness (QED) is 0.472. The summed E-state index contributed by atoms with van der Waals surface area (Å²) in [7, 11) is 3.76. The fourth-order valence-electron chi connectivity index (χ4n) is 5.75. The van der Waals surface area contributed by atoms with E-state index in [1.54, 1.807) is 36.3 Å². The second-order valence-electron chi connectivity index (χ2n) is 10.2. The van der Waals surface area contributed by atoms with Gasteiger partial charge in [-0.25, -0.2) is 18.0 Å². The van der Waals surface area contributed by atoms with Crippen molar-refractivity contribution in [2.45, 2.75) is 12.1 Å². The number of anilines is 1. The van der Waals surface area contributed by atoms with E-state index >= 15 is 0 Å². The highest BCUT2D eigenvalue weighted by Gasteiger charge is 2.54. The Balaban J connectivity index is 1.36. The molecular weight excluding hydrogens is 495 g/mol. The van der Waals surface area contributed by atoms with Crippen LogP contribution < -0.4 is 10.6 Å². The molecule has 2 bridgehead atoms. The summed E-state index contributed by atoms with van der Waals surface area (Å²) in [5.74, 6) is -2.62. The smallest absolute Gasteiger partial charge is 0.321 e. The van der Waals surface area contributed by atoms with Crippen molar-refractivity contribution in [1.29, 1.82) is 0 Å². The number of amides is 2. The molecule has 2 aromatic carbocycles. The van der Waals surface area contributed by atoms with E-state index in [4.69, 9.17) is 0 Å². The highest BCUT2D eigenvalue weighted by Crippen LogP contribution is 2.44. The molecule has 200 valence electrons. The number of urea groups is 1. The van der Waals surface area contributed by atoms with Crippen molar-refractivity contribution in [3.05, 3.63) is 83.4 Å². The Hall–Kier alpha value is -3.47. The number of pyridine rings is 1. The molecule has 3 N–H and O–H groups in total. The summed E-state index contributed by atoms with van der Waals surface area (Å²) in [6, 6.07) is 10.9. The molecule has 1 aromatic heterocycles. The molecule has 38 heavy (non-hydrogen) atoms. The summed E-state index contributed by atoms with van der Waals surface area (Å²) in [6.07, 6.45) is 1.57. The van der Waals surface area contributed by atoms with Crippen molar-refractivity contribution in [3.8, 4) is 11.1 Å². The summed E-state index contributed by atoms with van der Waals surface area (Å²) in [6.45, 7) is 2.07. The largest absolute Gasteiger partial charge is 0.383 e. The zero-order valence-electron chi connectivity index (χ0n) is 21.2. The topological polar surface area (TPSA) is 80.7 Å². The van der Waals surface area contributed by atoms with Crippen LogP contribution in [-0.2, 0) is 12.1 Å². The van der Waals surface area contributed by atoms with E-state index in [-0.39, 0.29) is 36.4 Å². The first kappa shape index (κ1) is 26.1. The highest BCUT2D eigenvalue weighted by atomic mass is 19.1. The van der Waals surface area contributed by atoms with E-state index in [2.05, 4.69) is 20.5 Å². The third-order valence-electron chi connectivity index (χ3n) is 7.49. The minimum absolute atomic E-state index is 0.0269. The molecule has 5 rings (SSSR count). The molecule has 3 heterocycles. The Morgan fingerprint density at radius 2 is 1.71 bits per heavy atom. The van der Waals surface area contributed by atoms with Crippen molar-refractivity contribution < 1.29 is 23.1 Å². The lowest BCUT2D eigenvalue weighted by Crippen LogP contribution is -2.66. The molecular formula is C28H30F3N5O2. The molecule has 0 saturated carbocycles. The molecule has 2 aliphatic rings. The molecule has 7 nitrogen and oxygen atoms in total. The third kappa shape index (κ3) is 4.99. The van der Waals surface area contributed by atoms with E-state index in [1.165, 1.54) is 6.07 Å². The molecule has 2 amide bonds. The van der Waals surface area contributed by atoms with Crippen molar-refractivity contribution >= 4 is 11.7 Å². The average molecular weight is 526 g/mol. The van der Waals surface area contributed by atoms with Gasteiger partial charge in [0.2, 0.25) is 0 Å². The number of hydrogen-bond acceptors (Lipinski definition) is 5. The first-order chi connectivity index (χ1) is 18.2. The summed E-state index contributed by atoms with van der Waals surface area (Å²) in [4.78, 5) is 21.2. The minimum Gasteiger partial charge on any atom is -0.383 e. The maximum absolute atomic E-state index is 14.7. The molecule has 3 atom stereocenters. The van der Waals surface area contributed by atoms with Crippen LogP contribution in [0.3, 0.4) is 0 Å². The lowest BCUT2D eigenvalue weighted by molar-refractivity contribution is -0.155. The van der Waals surface area contributed by atoms with Crippen LogP contribution in [-0.4, -0.2) is 66.2 Å². The van der Waals surface area contributed by atoms with Crippen LogP contribution in [0.2, 0.25) is 0 Å². The van der Waals surface area contributed by atoms with Gasteiger partial charge in [-0.1, -0.05) is 18.2 Å². The number of halogens is 3. The molecule has 2 saturated heterocycles. The highest BCUT2D eigenvalue weighted by molar-refractivity contribution is 5.89. The van der Waals surface area contributed by atoms with Crippen LogP contribution in [0.1, 0.15) is 11.3 Å². The van der Waals surface area contributed by atoms with Gasteiger partial charge in [-0.15, -0.1) is 0 Å². The van der Waals surface area contributed by atoms with E-state index in [0.717, 1.165) is 23.8 Å². The Bertz CT molecular complexity index is 1300. The number of hydrogen-bond donors (Lipinski definition) is 3. The van der Waals surface area contributed by atoms with E-state index < -0.39 is 23.3 Å². The maximum Gasteiger partial charge on any atom is 0.321 e. The second kappa shape index (κ2) is 10.4. The summed E-state index contributed by atoms with van der Waals surface area (Å²) in [5.41, 5.74) is 1.08. The van der Waals surface area contributed by atoms with E-state index in [0.29, 0.717) is 36.5 Å². The van der Waals surface area contributed by atoms with Gasteiger partial charge < -0.3 is 25.5 Å².